The summed E-state index contributed by atoms with van der Waals surface area (Å²) in [6, 6.07) is 14.7. The second kappa shape index (κ2) is 40.4. The summed E-state index contributed by atoms with van der Waals surface area (Å²) >= 11 is 20.9. The number of quaternary nitrogens is 1. The number of aromatic hydroxyl groups is 3. The number of carbonyl (C=O) groups is 8. The fourth-order valence-corrected chi connectivity index (χ4v) is 17.1. The maximum atomic E-state index is 16.7. The van der Waals surface area contributed by atoms with Crippen LogP contribution in [0.25, 0.3) is 22.3 Å². The molecule has 0 radical (unpaired) electrons. The number of amides is 7. The van der Waals surface area contributed by atoms with E-state index in [-0.39, 0.29) is 65.9 Å². The standard InChI is InChI=1S/C90H106Cl3N11O27/c1-39(106)26-55(96-6)81(116)102-71-73(111)46-17-22-59(53(92)28-46)126-61-30-48-31-62(77(61)131-88-78(75(113)74(112)63(38-105)128-88)130-66-36-90(5,80(115)41(3)125-66)97-37-42-10-12-43(13-11-42)44-14-19-49(91)20-15-44)127-60-23-18-47(29-54(60)93)76(129-65-35-89(4,95)79(114)40(2)124-65)72-86(121)101-70(87(122)123-25-24-104(7,8)9)52-32-50(107)33-58(109)67(52)51-27-45(16-21-57(51)108)68(83(118)103-72)100-84(119)69(48)99-82(117)56(34-64(94)110)98-85(71)120/h10-23,27-33,39-41,55-56,63,65-66,68-76,78-80,88,96-97,105-106,111-115H,24-26,34-38,95H2,1-9H3,(H10-,94,98,99,100,101,102,103,107,108,109,110,116,117,118,119,120,121)/p+1/t39?,40-,41-,55+,56-,63+,65-,66-,68+,69+,70-,71+,72-,73+,74+,75-,76+,78+,79-,80-,88?,89-,90-/m0/s1. The number of carbonyl (C=O) groups excluding carboxylic acids is 8. The number of aliphatic hydroxyl groups is 7. The van der Waals surface area contributed by atoms with Crippen molar-refractivity contribution in [3.05, 3.63) is 176 Å². The number of ether oxygens (including phenoxy) is 9. The molecule has 7 amide bonds. The summed E-state index contributed by atoms with van der Waals surface area (Å²) in [6.45, 7) is 6.72. The van der Waals surface area contributed by atoms with Crippen LogP contribution < -0.4 is 68.2 Å². The first-order chi connectivity index (χ1) is 61.9. The molecular weight excluding hydrogens is 1770 g/mol. The zero-order valence-corrected chi connectivity index (χ0v) is 74.8. The Bertz CT molecular complexity index is 5430. The van der Waals surface area contributed by atoms with Crippen molar-refractivity contribution in [1.82, 2.24) is 42.5 Å². The van der Waals surface area contributed by atoms with Crippen molar-refractivity contribution in [1.29, 1.82) is 0 Å². The minimum absolute atomic E-state index is 0.133. The van der Waals surface area contributed by atoms with Gasteiger partial charge in [-0.2, -0.15) is 0 Å². The van der Waals surface area contributed by atoms with Crippen LogP contribution in [-0.2, 0) is 73.3 Å². The van der Waals surface area contributed by atoms with Crippen LogP contribution >= 0.6 is 34.8 Å². The van der Waals surface area contributed by atoms with Gasteiger partial charge >= 0.3 is 5.97 Å². The van der Waals surface area contributed by atoms with Crippen LogP contribution in [0.2, 0.25) is 15.1 Å². The maximum Gasteiger partial charge on any atom is 0.333 e. The van der Waals surface area contributed by atoms with Crippen molar-refractivity contribution in [2.45, 2.75) is 206 Å². The highest BCUT2D eigenvalue weighted by atomic mass is 35.5. The fourth-order valence-electron chi connectivity index (χ4n) is 16.5. The molecule has 0 spiro atoms. The highest BCUT2D eigenvalue weighted by molar-refractivity contribution is 6.32. The monoisotopic (exact) mass is 1880 g/mol. The average molecular weight is 1880 g/mol. The Labute approximate surface area is 766 Å². The summed E-state index contributed by atoms with van der Waals surface area (Å²) in [5.74, 6) is -15.4. The van der Waals surface area contributed by atoms with Crippen LogP contribution in [0.1, 0.15) is 124 Å². The smallest absolute Gasteiger partial charge is 0.333 e. The van der Waals surface area contributed by atoms with Gasteiger partial charge in [-0.15, -0.1) is 0 Å². The SMILES string of the molecule is CN[C@H](CC(C)O)C(=O)N[C@H]1C(=O)N[C@@H](CC(N)=O)C(=O)N[C@H]2C(=O)N[C@H]3C(=O)N[C@H](C(=O)N[C@H](C(=O)OCC[N+](C)(C)C)c4cc(O)cc(O)c4-c4cc3ccc4O)[C@H](O[C@H]3C[C@](C)(N)[C@@H](O)[C@H](C)O3)c3ccc(c(Cl)c3)Oc3cc2cc(c3OC2O[C@H](CO)[C@@H](O)[C@H](O)[C@H]2O[C@H]2C[C@](C)(NCc3ccc(-c4ccc(Cl)cc4)cc3)[C@@H](O)[C@H](C)O2)Oc2ccc(cc2Cl)[C@H]1O. The number of primary amides is 1. The number of nitrogens with one attached hydrogen (secondary N) is 8. The third-order valence-electron chi connectivity index (χ3n) is 23.8. The molecule has 23 atom stereocenters. The molecule has 704 valence electrons. The third kappa shape index (κ3) is 22.3. The predicted molar refractivity (Wildman–Crippen MR) is 468 cm³/mol. The van der Waals surface area contributed by atoms with Gasteiger partial charge in [-0.05, 0) is 154 Å². The molecule has 3 fully saturated rings. The molecule has 131 heavy (non-hydrogen) atoms. The third-order valence-corrected chi connectivity index (χ3v) is 24.6. The van der Waals surface area contributed by atoms with Crippen molar-refractivity contribution >= 4 is 82.1 Å². The number of esters is 1. The lowest BCUT2D eigenvalue weighted by Crippen LogP contribution is -2.65. The minimum atomic E-state index is -2.41. The van der Waals surface area contributed by atoms with Crippen molar-refractivity contribution in [2.24, 2.45) is 11.5 Å². The molecule has 3 saturated heterocycles. The number of phenolic OH excluding ortho intramolecular Hbond substituents is 3. The summed E-state index contributed by atoms with van der Waals surface area (Å²) in [7, 11) is 6.78. The second-order valence-corrected chi connectivity index (χ2v) is 36.3. The van der Waals surface area contributed by atoms with Crippen molar-refractivity contribution in [2.75, 3.05) is 47.9 Å². The molecular formula is C90H107Cl3N11O27+. The maximum absolute atomic E-state index is 16.7. The summed E-state index contributed by atoms with van der Waals surface area (Å²) < 4.78 is 59.4. The molecule has 8 aliphatic rings. The number of nitrogens with zero attached hydrogens (tertiary/aromatic N) is 1. The molecule has 41 heteroatoms. The van der Waals surface area contributed by atoms with Gasteiger partial charge in [0.25, 0.3) is 0 Å². The molecule has 11 bridgehead atoms. The zero-order chi connectivity index (χ0) is 94.9. The molecule has 8 aliphatic heterocycles. The first-order valence-electron chi connectivity index (χ1n) is 42.2. The van der Waals surface area contributed by atoms with E-state index in [1.165, 1.54) is 58.2 Å². The number of nitrogens with two attached hydrogens (primary N) is 2. The minimum Gasteiger partial charge on any atom is -0.508 e. The van der Waals surface area contributed by atoms with Gasteiger partial charge in [-0.1, -0.05) is 89.4 Å². The second-order valence-electron chi connectivity index (χ2n) is 35.0. The summed E-state index contributed by atoms with van der Waals surface area (Å²) in [5.41, 5.74) is 9.96. The van der Waals surface area contributed by atoms with Crippen LogP contribution in [0.3, 0.4) is 0 Å². The fraction of sp³-hybridized carbons (Fsp3) is 0.444. The normalized spacial score (nSPS) is 29.3. The van der Waals surface area contributed by atoms with Gasteiger partial charge in [0, 0.05) is 58.2 Å². The molecule has 0 aromatic heterocycles. The molecule has 38 nitrogen and oxygen atoms in total. The Balaban J connectivity index is 1.02. The van der Waals surface area contributed by atoms with E-state index < -0.39 is 272 Å². The van der Waals surface area contributed by atoms with E-state index in [4.69, 9.17) is 88.9 Å². The molecule has 15 rings (SSSR count). The Kier molecular flexibility index (Phi) is 30.2. The van der Waals surface area contributed by atoms with E-state index in [1.54, 1.807) is 47.1 Å². The van der Waals surface area contributed by atoms with E-state index in [9.17, 15) is 60.7 Å². The number of aliphatic hydroxyl groups excluding tert-OH is 7. The number of fused-ring (bicyclic) bond motifs is 15. The number of likely N-dealkylation sites (N-methyl/N-ethyl adjacent to an activating group) is 2. The van der Waals surface area contributed by atoms with Gasteiger partial charge in [-0.25, -0.2) is 4.79 Å². The summed E-state index contributed by atoms with van der Waals surface area (Å²) in [4.78, 5) is 123. The Hall–Kier alpha value is -10.7. The first-order valence-corrected chi connectivity index (χ1v) is 43.3. The van der Waals surface area contributed by atoms with Gasteiger partial charge in [0.2, 0.25) is 53.4 Å². The van der Waals surface area contributed by atoms with Gasteiger partial charge in [-0.3, -0.25) is 33.6 Å². The molecule has 8 heterocycles. The number of hydrogen-bond acceptors (Lipinski definition) is 30. The number of halogens is 3. The summed E-state index contributed by atoms with van der Waals surface area (Å²) in [5, 5.41) is 139. The topological polar surface area (TPSA) is 570 Å². The van der Waals surface area contributed by atoms with Crippen molar-refractivity contribution < 1.29 is 137 Å². The predicted octanol–water partition coefficient (Wildman–Crippen LogP) is 3.38. The van der Waals surface area contributed by atoms with Gasteiger partial charge < -0.3 is 152 Å². The summed E-state index contributed by atoms with van der Waals surface area (Å²) in [6.07, 6.45) is -24.6. The van der Waals surface area contributed by atoms with Crippen LogP contribution in [0, 0.1) is 0 Å². The molecule has 7 aromatic rings. The molecule has 0 saturated carbocycles. The Morgan fingerprint density at radius 2 is 1.24 bits per heavy atom. The quantitative estimate of drug-likeness (QED) is 0.0341. The van der Waals surface area contributed by atoms with Crippen molar-refractivity contribution in [3.8, 4) is 68.2 Å². The van der Waals surface area contributed by atoms with Gasteiger partial charge in [0.1, 0.15) is 103 Å². The Morgan fingerprint density at radius 1 is 0.649 bits per heavy atom. The van der Waals surface area contributed by atoms with E-state index >= 15 is 28.8 Å². The van der Waals surface area contributed by atoms with E-state index in [0.717, 1.165) is 65.2 Å². The zero-order valence-electron chi connectivity index (χ0n) is 72.6. The largest absolute Gasteiger partial charge is 0.508 e. The Morgan fingerprint density at radius 3 is 1.85 bits per heavy atom. The highest BCUT2D eigenvalue weighted by Gasteiger charge is 2.53. The van der Waals surface area contributed by atoms with E-state index in [0.29, 0.717) is 5.02 Å². The van der Waals surface area contributed by atoms with Crippen LogP contribution in [-0.4, -0.2) is 260 Å². The van der Waals surface area contributed by atoms with E-state index in [2.05, 4.69) is 42.5 Å². The van der Waals surface area contributed by atoms with Crippen LogP contribution in [0.5, 0.6) is 46.0 Å². The van der Waals surface area contributed by atoms with Gasteiger partial charge in [0.15, 0.2) is 36.2 Å². The molecule has 22 N–H and O–H groups in total. The molecule has 0 aliphatic carbocycles. The number of phenols is 3. The number of benzene rings is 7. The number of rotatable bonds is 22. The molecule has 7 aromatic carbocycles. The van der Waals surface area contributed by atoms with E-state index in [1.807, 2.05) is 36.4 Å². The van der Waals surface area contributed by atoms with Crippen molar-refractivity contribution in [3.63, 3.8) is 0 Å². The highest BCUT2D eigenvalue weighted by Crippen LogP contribution is 2.51. The lowest BCUT2D eigenvalue weighted by atomic mass is 9.84. The lowest BCUT2D eigenvalue weighted by Gasteiger charge is -2.48. The number of hydrogen-bond donors (Lipinski definition) is 20. The average Bonchev–Trinajstić information content (AvgIpc) is 0.762. The van der Waals surface area contributed by atoms with Gasteiger partial charge in [0.05, 0.1) is 80.8 Å². The van der Waals surface area contributed by atoms with Crippen LogP contribution in [0.4, 0.5) is 0 Å². The molecule has 2 unspecified atom stereocenters. The van der Waals surface area contributed by atoms with Crippen LogP contribution in [0.15, 0.2) is 127 Å². The first kappa shape index (κ1) is 97.8. The lowest BCUT2D eigenvalue weighted by molar-refractivity contribution is -0.870.